The number of carbonyl (C=O) groups is 3. The van der Waals surface area contributed by atoms with E-state index < -0.39 is 54.7 Å². The zero-order valence-electron chi connectivity index (χ0n) is 34.7. The van der Waals surface area contributed by atoms with E-state index >= 15 is 0 Å². The van der Waals surface area contributed by atoms with Crippen LogP contribution in [0.2, 0.25) is 0 Å². The summed E-state index contributed by atoms with van der Waals surface area (Å²) < 4.78 is 55.5. The standard InChI is InChI=1S/C42H67NO12/c1-11-24-13-12-14-32(55-34-16-15-31(43(5)6)22(3)51-34)21(2)36(45)29-19-27-26-17-25(54-42-41(50-10)40(49-9)38(47-7)23(4)52-42)18-30(26)39(48-8)37(46)35(27)28(29)20-33(44)53-24/h19,21-28,30-32,34-35,38-42H,11-18,20H2,1-10H3/t21-,22?,23?,24+,25+,26+,27+,28-,30-,31+,32+,34+,35-,38+,39+,40?,41+,42+/m1/s1. The van der Waals surface area contributed by atoms with Crippen LogP contribution in [-0.4, -0.2) is 139 Å². The summed E-state index contributed by atoms with van der Waals surface area (Å²) in [5.74, 6) is -2.62. The summed E-state index contributed by atoms with van der Waals surface area (Å²) in [5, 5.41) is 0. The molecule has 0 aromatic rings. The third-order valence-corrected chi connectivity index (χ3v) is 13.9. The first-order valence-corrected chi connectivity index (χ1v) is 20.7. The molecule has 0 aromatic heterocycles. The van der Waals surface area contributed by atoms with Crippen LogP contribution in [0.5, 0.6) is 0 Å². The van der Waals surface area contributed by atoms with E-state index in [-0.39, 0.29) is 72.2 Å². The van der Waals surface area contributed by atoms with Gasteiger partial charge >= 0.3 is 5.97 Å². The van der Waals surface area contributed by atoms with Crippen LogP contribution in [0.1, 0.15) is 85.5 Å². The zero-order chi connectivity index (χ0) is 39.7. The molecule has 0 amide bonds. The Kier molecular flexibility index (Phi) is 14.3. The van der Waals surface area contributed by atoms with Gasteiger partial charge in [0.1, 0.15) is 30.5 Å². The number of ketones is 2. The van der Waals surface area contributed by atoms with Gasteiger partial charge < -0.3 is 47.5 Å². The molecule has 0 bridgehead atoms. The van der Waals surface area contributed by atoms with Crippen LogP contribution in [0.25, 0.3) is 0 Å². The van der Waals surface area contributed by atoms with Crippen molar-refractivity contribution in [2.45, 2.75) is 159 Å². The predicted octanol–water partition coefficient (Wildman–Crippen LogP) is 4.52. The summed E-state index contributed by atoms with van der Waals surface area (Å²) in [6, 6.07) is 0.297. The molecule has 6 rings (SSSR count). The molecule has 312 valence electrons. The third kappa shape index (κ3) is 8.66. The molecule has 6 aliphatic rings. The molecule has 55 heavy (non-hydrogen) atoms. The van der Waals surface area contributed by atoms with Gasteiger partial charge in [-0.05, 0) is 103 Å². The number of methoxy groups -OCH3 is 4. The smallest absolute Gasteiger partial charge is 0.306 e. The molecule has 5 fully saturated rings. The highest BCUT2D eigenvalue weighted by atomic mass is 16.7. The number of hydrogen-bond acceptors (Lipinski definition) is 13. The van der Waals surface area contributed by atoms with E-state index in [0.717, 1.165) is 19.3 Å². The van der Waals surface area contributed by atoms with Crippen LogP contribution in [0.15, 0.2) is 11.6 Å². The largest absolute Gasteiger partial charge is 0.462 e. The van der Waals surface area contributed by atoms with Gasteiger partial charge in [0.2, 0.25) is 0 Å². The summed E-state index contributed by atoms with van der Waals surface area (Å²) in [5.41, 5.74) is 0.540. The van der Waals surface area contributed by atoms with E-state index in [9.17, 15) is 14.4 Å². The topological polar surface area (TPSA) is 138 Å². The van der Waals surface area contributed by atoms with Gasteiger partial charge in [-0.25, -0.2) is 0 Å². The number of cyclic esters (lactones) is 1. The number of nitrogens with zero attached hydrogens (tertiary/aromatic N) is 1. The van der Waals surface area contributed by atoms with Crippen LogP contribution < -0.4 is 0 Å². The number of fused-ring (bicyclic) bond motifs is 5. The molecular weight excluding hydrogens is 710 g/mol. The first-order chi connectivity index (χ1) is 26.3. The Balaban J connectivity index is 1.27. The molecule has 0 spiro atoms. The average Bonchev–Trinajstić information content (AvgIpc) is 3.74. The second kappa shape index (κ2) is 18.4. The van der Waals surface area contributed by atoms with Crippen molar-refractivity contribution in [3.05, 3.63) is 11.6 Å². The summed E-state index contributed by atoms with van der Waals surface area (Å²) in [6.45, 7) is 7.96. The minimum Gasteiger partial charge on any atom is -0.462 e. The number of allylic oxidation sites excluding steroid dienone is 2. The molecule has 18 atom stereocenters. The molecule has 0 aromatic carbocycles. The van der Waals surface area contributed by atoms with Crippen molar-refractivity contribution in [2.24, 2.45) is 35.5 Å². The summed E-state index contributed by atoms with van der Waals surface area (Å²) in [4.78, 5) is 45.2. The normalized spacial score (nSPS) is 45.6. The lowest BCUT2D eigenvalue weighted by molar-refractivity contribution is -0.314. The third-order valence-electron chi connectivity index (χ3n) is 13.9. The second-order valence-electron chi connectivity index (χ2n) is 17.1. The number of rotatable bonds is 10. The Hall–Kier alpha value is -1.81. The predicted molar refractivity (Wildman–Crippen MR) is 201 cm³/mol. The van der Waals surface area contributed by atoms with Crippen LogP contribution in [0.3, 0.4) is 0 Å². The van der Waals surface area contributed by atoms with Gasteiger partial charge in [0.15, 0.2) is 24.1 Å². The molecule has 3 unspecified atom stereocenters. The highest BCUT2D eigenvalue weighted by Gasteiger charge is 2.60. The average molecular weight is 778 g/mol. The molecule has 3 saturated heterocycles. The van der Waals surface area contributed by atoms with Crippen molar-refractivity contribution in [3.8, 4) is 0 Å². The molecule has 3 aliphatic heterocycles. The fourth-order valence-corrected chi connectivity index (χ4v) is 11.0. The lowest BCUT2D eigenvalue weighted by Crippen LogP contribution is -2.59. The maximum Gasteiger partial charge on any atom is 0.306 e. The Morgan fingerprint density at radius 3 is 2.15 bits per heavy atom. The van der Waals surface area contributed by atoms with Crippen LogP contribution >= 0.6 is 0 Å². The molecule has 13 nitrogen and oxygen atoms in total. The van der Waals surface area contributed by atoms with Gasteiger partial charge in [-0.2, -0.15) is 0 Å². The zero-order valence-corrected chi connectivity index (χ0v) is 34.7. The van der Waals surface area contributed by atoms with Crippen molar-refractivity contribution in [1.29, 1.82) is 0 Å². The van der Waals surface area contributed by atoms with Crippen molar-refractivity contribution >= 4 is 17.5 Å². The lowest BCUT2D eigenvalue weighted by atomic mass is 9.64. The highest BCUT2D eigenvalue weighted by molar-refractivity contribution is 6.01. The van der Waals surface area contributed by atoms with E-state index in [1.54, 1.807) is 28.4 Å². The van der Waals surface area contributed by atoms with Crippen molar-refractivity contribution in [3.63, 3.8) is 0 Å². The van der Waals surface area contributed by atoms with E-state index in [4.69, 9.17) is 42.6 Å². The number of likely N-dealkylation sites (N-methyl/N-ethyl adjacent to an activating group) is 1. The van der Waals surface area contributed by atoms with Crippen LogP contribution in [0, 0.1) is 35.5 Å². The molecule has 13 heteroatoms. The van der Waals surface area contributed by atoms with Crippen molar-refractivity contribution in [1.82, 2.24) is 4.90 Å². The van der Waals surface area contributed by atoms with Gasteiger partial charge in [-0.3, -0.25) is 14.4 Å². The minimum atomic E-state index is -0.712. The molecule has 0 radical (unpaired) electrons. The van der Waals surface area contributed by atoms with Crippen LogP contribution in [-0.2, 0) is 57.0 Å². The molecular formula is C42H67NO12. The summed E-state index contributed by atoms with van der Waals surface area (Å²) in [7, 11) is 10.6. The Labute approximate surface area is 327 Å². The number of carbonyl (C=O) groups excluding carboxylic acids is 3. The number of hydrogen-bond donors (Lipinski definition) is 0. The minimum absolute atomic E-state index is 0.0102. The lowest BCUT2D eigenvalue weighted by Gasteiger charge is -2.44. The quantitative estimate of drug-likeness (QED) is 0.288. The Morgan fingerprint density at radius 2 is 1.51 bits per heavy atom. The first kappa shape index (κ1) is 42.8. The van der Waals surface area contributed by atoms with E-state index in [0.29, 0.717) is 43.7 Å². The second-order valence-corrected chi connectivity index (χ2v) is 17.1. The number of esters is 1. The molecule has 3 heterocycles. The Bertz CT molecular complexity index is 1370. The molecule has 2 saturated carbocycles. The fourth-order valence-electron chi connectivity index (χ4n) is 11.0. The SMILES string of the molecule is CC[C@H]1CCC[C@H](O[C@H]2CC[C@H](N(C)C)C(C)O2)[C@@H](C)C(=O)C2=C[C@H]3[C@@H]4C[C@H](O[C@@H]5OC(C)[C@H](OC)C(OC)[C@@H]5OC)C[C@H]4[C@H](OC)C(=O)[C@H]3[C@@H]2CC(=O)O1. The van der Waals surface area contributed by atoms with Gasteiger partial charge in [0.05, 0.1) is 30.8 Å². The molecule has 0 N–H and O–H groups in total. The molecule has 3 aliphatic carbocycles. The maximum atomic E-state index is 14.8. The van der Waals surface area contributed by atoms with E-state index in [1.165, 1.54) is 0 Å². The highest BCUT2D eigenvalue weighted by Crippen LogP contribution is 2.56. The van der Waals surface area contributed by atoms with E-state index in [1.807, 2.05) is 26.8 Å². The fraction of sp³-hybridized carbons (Fsp3) is 0.881. The van der Waals surface area contributed by atoms with Gasteiger partial charge in [-0.1, -0.05) is 19.9 Å². The van der Waals surface area contributed by atoms with Gasteiger partial charge in [0, 0.05) is 52.2 Å². The van der Waals surface area contributed by atoms with Crippen molar-refractivity contribution in [2.75, 3.05) is 42.5 Å². The van der Waals surface area contributed by atoms with Gasteiger partial charge in [0.25, 0.3) is 0 Å². The summed E-state index contributed by atoms with van der Waals surface area (Å²) >= 11 is 0. The number of ether oxygens (including phenoxy) is 9. The maximum absolute atomic E-state index is 14.8. The number of Topliss-reactive ketones (excluding diaryl/α,β-unsaturated/α-hetero) is 2. The first-order valence-electron chi connectivity index (χ1n) is 20.7. The Morgan fingerprint density at radius 1 is 0.800 bits per heavy atom. The van der Waals surface area contributed by atoms with Crippen molar-refractivity contribution < 1.29 is 57.0 Å². The van der Waals surface area contributed by atoms with Gasteiger partial charge in [-0.15, -0.1) is 0 Å². The van der Waals surface area contributed by atoms with E-state index in [2.05, 4.69) is 25.9 Å². The van der Waals surface area contributed by atoms with Crippen LogP contribution in [0.4, 0.5) is 0 Å². The summed E-state index contributed by atoms with van der Waals surface area (Å²) in [6.07, 6.45) is 3.30. The monoisotopic (exact) mass is 777 g/mol.